The molecule has 0 spiro atoms. The molecule has 0 aromatic carbocycles. The van der Waals surface area contributed by atoms with Crippen LogP contribution in [0, 0.1) is 5.92 Å². The summed E-state index contributed by atoms with van der Waals surface area (Å²) in [5.41, 5.74) is 0. The van der Waals surface area contributed by atoms with Crippen molar-refractivity contribution in [1.82, 2.24) is 5.32 Å². The van der Waals surface area contributed by atoms with E-state index < -0.39 is 0 Å². The van der Waals surface area contributed by atoms with Gasteiger partial charge in [0.15, 0.2) is 0 Å². The average Bonchev–Trinajstić information content (AvgIpc) is 2.80. The molecule has 0 bridgehead atoms. The van der Waals surface area contributed by atoms with Crippen molar-refractivity contribution in [2.75, 3.05) is 19.7 Å². The SMILES string of the molecule is CCCNCC(OCCc1cccs1)C(C)C. The first-order valence-electron chi connectivity index (χ1n) is 6.58. The minimum atomic E-state index is 0.335. The van der Waals surface area contributed by atoms with E-state index in [1.807, 2.05) is 11.3 Å². The van der Waals surface area contributed by atoms with Gasteiger partial charge < -0.3 is 10.1 Å². The monoisotopic (exact) mass is 255 g/mol. The minimum Gasteiger partial charge on any atom is -0.376 e. The summed E-state index contributed by atoms with van der Waals surface area (Å²) in [6.07, 6.45) is 2.55. The van der Waals surface area contributed by atoms with E-state index in [1.165, 1.54) is 11.3 Å². The summed E-state index contributed by atoms with van der Waals surface area (Å²) >= 11 is 1.81. The highest BCUT2D eigenvalue weighted by molar-refractivity contribution is 7.09. The van der Waals surface area contributed by atoms with Crippen LogP contribution in [0.15, 0.2) is 17.5 Å². The highest BCUT2D eigenvalue weighted by atomic mass is 32.1. The molecule has 17 heavy (non-hydrogen) atoms. The Balaban J connectivity index is 2.19. The maximum absolute atomic E-state index is 5.97. The van der Waals surface area contributed by atoms with E-state index in [9.17, 15) is 0 Å². The van der Waals surface area contributed by atoms with Crippen LogP contribution >= 0.6 is 11.3 Å². The number of rotatable bonds is 9. The molecule has 1 unspecified atom stereocenters. The molecule has 2 nitrogen and oxygen atoms in total. The van der Waals surface area contributed by atoms with E-state index in [1.54, 1.807) is 0 Å². The summed E-state index contributed by atoms with van der Waals surface area (Å²) in [6, 6.07) is 4.27. The van der Waals surface area contributed by atoms with Gasteiger partial charge in [0.2, 0.25) is 0 Å². The Labute approximate surface area is 109 Å². The van der Waals surface area contributed by atoms with Crippen molar-refractivity contribution in [1.29, 1.82) is 0 Å². The lowest BCUT2D eigenvalue weighted by atomic mass is 10.1. The molecule has 1 rings (SSSR count). The molecule has 3 heteroatoms. The summed E-state index contributed by atoms with van der Waals surface area (Å²) in [7, 11) is 0. The number of nitrogens with one attached hydrogen (secondary N) is 1. The standard InChI is InChI=1S/C14H25NOS/c1-4-8-15-11-14(12(2)3)16-9-7-13-6-5-10-17-13/h5-6,10,12,14-15H,4,7-9,11H2,1-3H3. The lowest BCUT2D eigenvalue weighted by molar-refractivity contribution is 0.0251. The van der Waals surface area contributed by atoms with Crippen LogP contribution in [0.4, 0.5) is 0 Å². The summed E-state index contributed by atoms with van der Waals surface area (Å²) in [6.45, 7) is 9.52. The largest absolute Gasteiger partial charge is 0.376 e. The van der Waals surface area contributed by atoms with Crippen LogP contribution in [0.2, 0.25) is 0 Å². The van der Waals surface area contributed by atoms with Crippen LogP contribution in [-0.4, -0.2) is 25.8 Å². The van der Waals surface area contributed by atoms with Gasteiger partial charge in [0.05, 0.1) is 12.7 Å². The predicted molar refractivity (Wildman–Crippen MR) is 75.8 cm³/mol. The second-order valence-electron chi connectivity index (χ2n) is 4.69. The Morgan fingerprint density at radius 2 is 2.24 bits per heavy atom. The highest BCUT2D eigenvalue weighted by Crippen LogP contribution is 2.11. The van der Waals surface area contributed by atoms with E-state index in [-0.39, 0.29) is 0 Å². The summed E-state index contributed by atoms with van der Waals surface area (Å²) in [4.78, 5) is 1.41. The number of hydrogen-bond donors (Lipinski definition) is 1. The third-order valence-electron chi connectivity index (χ3n) is 2.78. The molecule has 1 heterocycles. The second-order valence-corrected chi connectivity index (χ2v) is 5.72. The van der Waals surface area contributed by atoms with Gasteiger partial charge in [0, 0.05) is 17.8 Å². The molecule has 0 amide bonds. The second kappa shape index (κ2) is 8.67. The summed E-state index contributed by atoms with van der Waals surface area (Å²) in [5.74, 6) is 0.572. The Kier molecular flexibility index (Phi) is 7.49. The molecule has 0 fully saturated rings. The average molecular weight is 255 g/mol. The van der Waals surface area contributed by atoms with Crippen LogP contribution in [0.5, 0.6) is 0 Å². The Morgan fingerprint density at radius 3 is 2.82 bits per heavy atom. The first-order valence-corrected chi connectivity index (χ1v) is 7.46. The van der Waals surface area contributed by atoms with E-state index >= 15 is 0 Å². The van der Waals surface area contributed by atoms with Crippen molar-refractivity contribution in [3.05, 3.63) is 22.4 Å². The van der Waals surface area contributed by atoms with Crippen LogP contribution in [0.25, 0.3) is 0 Å². The highest BCUT2D eigenvalue weighted by Gasteiger charge is 2.13. The van der Waals surface area contributed by atoms with Gasteiger partial charge in [0.25, 0.3) is 0 Å². The van der Waals surface area contributed by atoms with Gasteiger partial charge in [-0.1, -0.05) is 26.8 Å². The van der Waals surface area contributed by atoms with E-state index in [2.05, 4.69) is 43.6 Å². The molecule has 1 aromatic heterocycles. The lowest BCUT2D eigenvalue weighted by Gasteiger charge is -2.22. The van der Waals surface area contributed by atoms with Crippen molar-refractivity contribution in [3.8, 4) is 0 Å². The maximum Gasteiger partial charge on any atom is 0.0722 e. The molecule has 1 atom stereocenters. The molecular formula is C14H25NOS. The van der Waals surface area contributed by atoms with Crippen LogP contribution in [-0.2, 0) is 11.2 Å². The molecule has 0 radical (unpaired) electrons. The van der Waals surface area contributed by atoms with E-state index in [4.69, 9.17) is 4.74 Å². The van der Waals surface area contributed by atoms with Crippen molar-refractivity contribution in [2.45, 2.75) is 39.7 Å². The number of thiophene rings is 1. The first kappa shape index (κ1) is 14.7. The normalized spacial score (nSPS) is 13.2. The van der Waals surface area contributed by atoms with Gasteiger partial charge in [-0.05, 0) is 30.3 Å². The molecule has 0 saturated carbocycles. The van der Waals surface area contributed by atoms with Gasteiger partial charge in [-0.15, -0.1) is 11.3 Å². The zero-order chi connectivity index (χ0) is 12.5. The van der Waals surface area contributed by atoms with Crippen molar-refractivity contribution < 1.29 is 4.74 Å². The smallest absolute Gasteiger partial charge is 0.0722 e. The molecule has 0 saturated heterocycles. The Bertz CT molecular complexity index is 272. The lowest BCUT2D eigenvalue weighted by Crippen LogP contribution is -2.34. The molecule has 0 aliphatic rings. The van der Waals surface area contributed by atoms with Gasteiger partial charge in [-0.2, -0.15) is 0 Å². The van der Waals surface area contributed by atoms with Crippen LogP contribution in [0.1, 0.15) is 32.1 Å². The van der Waals surface area contributed by atoms with Gasteiger partial charge in [-0.3, -0.25) is 0 Å². The Morgan fingerprint density at radius 1 is 1.41 bits per heavy atom. The van der Waals surface area contributed by atoms with Crippen LogP contribution in [0.3, 0.4) is 0 Å². The van der Waals surface area contributed by atoms with Gasteiger partial charge >= 0.3 is 0 Å². The predicted octanol–water partition coefficient (Wildman–Crippen LogP) is 3.33. The van der Waals surface area contributed by atoms with E-state index in [0.29, 0.717) is 12.0 Å². The first-order chi connectivity index (χ1) is 8.24. The van der Waals surface area contributed by atoms with Crippen molar-refractivity contribution >= 4 is 11.3 Å². The van der Waals surface area contributed by atoms with Crippen LogP contribution < -0.4 is 5.32 Å². The zero-order valence-corrected chi connectivity index (χ0v) is 12.1. The van der Waals surface area contributed by atoms with Crippen molar-refractivity contribution in [2.24, 2.45) is 5.92 Å². The van der Waals surface area contributed by atoms with Crippen molar-refractivity contribution in [3.63, 3.8) is 0 Å². The van der Waals surface area contributed by atoms with Gasteiger partial charge in [0.1, 0.15) is 0 Å². The quantitative estimate of drug-likeness (QED) is 0.683. The molecular weight excluding hydrogens is 230 g/mol. The molecule has 1 N–H and O–H groups in total. The Hall–Kier alpha value is -0.380. The zero-order valence-electron chi connectivity index (χ0n) is 11.2. The fourth-order valence-electron chi connectivity index (χ4n) is 1.67. The number of ether oxygens (including phenoxy) is 1. The summed E-state index contributed by atoms with van der Waals surface area (Å²) in [5, 5.41) is 5.56. The third-order valence-corrected chi connectivity index (χ3v) is 3.71. The van der Waals surface area contributed by atoms with Gasteiger partial charge in [-0.25, -0.2) is 0 Å². The minimum absolute atomic E-state index is 0.335. The topological polar surface area (TPSA) is 21.3 Å². The maximum atomic E-state index is 5.97. The molecule has 0 aliphatic heterocycles. The molecule has 0 aliphatic carbocycles. The fourth-order valence-corrected chi connectivity index (χ4v) is 2.36. The molecule has 1 aromatic rings. The summed E-state index contributed by atoms with van der Waals surface area (Å²) < 4.78 is 5.97. The molecule has 98 valence electrons. The fraction of sp³-hybridized carbons (Fsp3) is 0.714. The number of hydrogen-bond acceptors (Lipinski definition) is 3. The van der Waals surface area contributed by atoms with E-state index in [0.717, 1.165) is 26.1 Å². The third kappa shape index (κ3) is 6.20.